The molecule has 0 spiro atoms. The van der Waals surface area contributed by atoms with Crippen molar-refractivity contribution in [2.75, 3.05) is 7.11 Å². The molecule has 1 heterocycles. The standard InChI is InChI=1S/C16H19NO2S/c1-3-7-15(19-2)14(18)10-16-17-13(11-20-16)12-8-5-4-6-9-12/h4-6,8-9,11,15H,3,7,10H2,1-2H3. The molecule has 0 aliphatic heterocycles. The molecule has 1 atom stereocenters. The van der Waals surface area contributed by atoms with Gasteiger partial charge in [0, 0.05) is 18.1 Å². The van der Waals surface area contributed by atoms with Gasteiger partial charge in [0.2, 0.25) is 0 Å². The number of aromatic nitrogens is 1. The molecule has 20 heavy (non-hydrogen) atoms. The Hall–Kier alpha value is -1.52. The van der Waals surface area contributed by atoms with Crippen molar-refractivity contribution in [3.8, 4) is 11.3 Å². The lowest BCUT2D eigenvalue weighted by atomic mass is 10.1. The fraction of sp³-hybridized carbons (Fsp3) is 0.375. The number of benzene rings is 1. The number of carbonyl (C=O) groups is 1. The van der Waals surface area contributed by atoms with E-state index in [4.69, 9.17) is 4.74 Å². The number of ketones is 1. The Morgan fingerprint density at radius 1 is 1.35 bits per heavy atom. The van der Waals surface area contributed by atoms with E-state index in [0.29, 0.717) is 6.42 Å². The van der Waals surface area contributed by atoms with Gasteiger partial charge in [-0.1, -0.05) is 43.7 Å². The lowest BCUT2D eigenvalue weighted by Crippen LogP contribution is -2.24. The zero-order chi connectivity index (χ0) is 14.4. The largest absolute Gasteiger partial charge is 0.374 e. The van der Waals surface area contributed by atoms with E-state index in [9.17, 15) is 4.79 Å². The normalized spacial score (nSPS) is 12.3. The summed E-state index contributed by atoms with van der Waals surface area (Å²) in [7, 11) is 1.59. The first-order valence-corrected chi connectivity index (χ1v) is 7.68. The maximum Gasteiger partial charge on any atom is 0.168 e. The van der Waals surface area contributed by atoms with Gasteiger partial charge in [0.1, 0.15) is 11.1 Å². The van der Waals surface area contributed by atoms with E-state index in [1.165, 1.54) is 11.3 Å². The molecule has 1 aromatic carbocycles. The first kappa shape index (κ1) is 14.9. The monoisotopic (exact) mass is 289 g/mol. The van der Waals surface area contributed by atoms with Crippen molar-refractivity contribution in [1.29, 1.82) is 0 Å². The summed E-state index contributed by atoms with van der Waals surface area (Å²) in [6, 6.07) is 10.0. The minimum Gasteiger partial charge on any atom is -0.374 e. The van der Waals surface area contributed by atoms with Crippen LogP contribution in [-0.4, -0.2) is 24.0 Å². The molecule has 0 saturated carbocycles. The summed E-state index contributed by atoms with van der Waals surface area (Å²) in [5.74, 6) is 0.114. The molecule has 1 aromatic heterocycles. The van der Waals surface area contributed by atoms with Crippen molar-refractivity contribution in [3.05, 3.63) is 40.7 Å². The van der Waals surface area contributed by atoms with Crippen LogP contribution in [0.1, 0.15) is 24.8 Å². The van der Waals surface area contributed by atoms with Gasteiger partial charge in [-0.05, 0) is 6.42 Å². The van der Waals surface area contributed by atoms with Gasteiger partial charge in [0.05, 0.1) is 12.1 Å². The summed E-state index contributed by atoms with van der Waals surface area (Å²) in [5.41, 5.74) is 2.02. The van der Waals surface area contributed by atoms with Crippen molar-refractivity contribution in [2.24, 2.45) is 0 Å². The summed E-state index contributed by atoms with van der Waals surface area (Å²) < 4.78 is 5.24. The maximum atomic E-state index is 12.1. The highest BCUT2D eigenvalue weighted by Gasteiger charge is 2.18. The summed E-state index contributed by atoms with van der Waals surface area (Å²) in [5, 5.41) is 2.85. The topological polar surface area (TPSA) is 39.2 Å². The number of thiazole rings is 1. The number of methoxy groups -OCH3 is 1. The Labute approximate surface area is 123 Å². The number of carbonyl (C=O) groups excluding carboxylic acids is 1. The Balaban J connectivity index is 2.04. The van der Waals surface area contributed by atoms with Crippen molar-refractivity contribution >= 4 is 17.1 Å². The number of rotatable bonds is 7. The first-order valence-electron chi connectivity index (χ1n) is 6.80. The minimum absolute atomic E-state index is 0.114. The number of hydrogen-bond donors (Lipinski definition) is 0. The molecule has 0 N–H and O–H groups in total. The molecule has 3 nitrogen and oxygen atoms in total. The Morgan fingerprint density at radius 3 is 2.75 bits per heavy atom. The van der Waals surface area contributed by atoms with Gasteiger partial charge >= 0.3 is 0 Å². The second-order valence-corrected chi connectivity index (χ2v) is 5.59. The fourth-order valence-corrected chi connectivity index (χ4v) is 2.88. The quantitative estimate of drug-likeness (QED) is 0.779. The fourth-order valence-electron chi connectivity index (χ4n) is 2.07. The first-order chi connectivity index (χ1) is 9.74. The predicted molar refractivity (Wildman–Crippen MR) is 82.0 cm³/mol. The molecule has 0 saturated heterocycles. The van der Waals surface area contributed by atoms with Crippen LogP contribution in [0.2, 0.25) is 0 Å². The average molecular weight is 289 g/mol. The molecular formula is C16H19NO2S. The lowest BCUT2D eigenvalue weighted by Gasteiger charge is -2.11. The minimum atomic E-state index is -0.302. The van der Waals surface area contributed by atoms with Gasteiger partial charge in [-0.25, -0.2) is 4.98 Å². The third-order valence-electron chi connectivity index (χ3n) is 3.14. The van der Waals surface area contributed by atoms with Crippen LogP contribution in [0.3, 0.4) is 0 Å². The smallest absolute Gasteiger partial charge is 0.168 e. The zero-order valence-electron chi connectivity index (χ0n) is 11.8. The van der Waals surface area contributed by atoms with E-state index >= 15 is 0 Å². The molecule has 0 amide bonds. The zero-order valence-corrected chi connectivity index (χ0v) is 12.7. The van der Waals surface area contributed by atoms with Gasteiger partial charge < -0.3 is 4.74 Å². The van der Waals surface area contributed by atoms with Crippen LogP contribution in [-0.2, 0) is 16.0 Å². The maximum absolute atomic E-state index is 12.1. The number of nitrogens with zero attached hydrogens (tertiary/aromatic N) is 1. The summed E-state index contributed by atoms with van der Waals surface area (Å²) in [6.45, 7) is 2.05. The molecule has 106 valence electrons. The van der Waals surface area contributed by atoms with E-state index in [-0.39, 0.29) is 11.9 Å². The summed E-state index contributed by atoms with van der Waals surface area (Å²) >= 11 is 1.53. The molecule has 0 fully saturated rings. The van der Waals surface area contributed by atoms with Crippen molar-refractivity contribution in [2.45, 2.75) is 32.3 Å². The molecule has 0 bridgehead atoms. The Morgan fingerprint density at radius 2 is 2.10 bits per heavy atom. The van der Waals surface area contributed by atoms with E-state index in [1.54, 1.807) is 7.11 Å². The Bertz CT molecular complexity index is 551. The van der Waals surface area contributed by atoms with Crippen LogP contribution in [0.5, 0.6) is 0 Å². The van der Waals surface area contributed by atoms with Crippen LogP contribution < -0.4 is 0 Å². The van der Waals surface area contributed by atoms with E-state index in [0.717, 1.165) is 29.1 Å². The van der Waals surface area contributed by atoms with Gasteiger partial charge in [0.15, 0.2) is 5.78 Å². The number of hydrogen-bond acceptors (Lipinski definition) is 4. The molecule has 0 aliphatic rings. The van der Waals surface area contributed by atoms with Crippen molar-refractivity contribution < 1.29 is 9.53 Å². The lowest BCUT2D eigenvalue weighted by molar-refractivity contribution is -0.128. The van der Waals surface area contributed by atoms with Gasteiger partial charge in [-0.2, -0.15) is 0 Å². The highest BCUT2D eigenvalue weighted by Crippen LogP contribution is 2.22. The molecular weight excluding hydrogens is 270 g/mol. The molecule has 0 radical (unpaired) electrons. The highest BCUT2D eigenvalue weighted by molar-refractivity contribution is 7.10. The van der Waals surface area contributed by atoms with Gasteiger partial charge in [-0.3, -0.25) is 4.79 Å². The van der Waals surface area contributed by atoms with E-state index in [1.807, 2.05) is 35.7 Å². The predicted octanol–water partition coefficient (Wildman–Crippen LogP) is 3.74. The molecule has 0 aliphatic carbocycles. The number of Topliss-reactive ketones (excluding diaryl/α,β-unsaturated/α-hetero) is 1. The van der Waals surface area contributed by atoms with Crippen LogP contribution in [0.25, 0.3) is 11.3 Å². The van der Waals surface area contributed by atoms with E-state index in [2.05, 4.69) is 11.9 Å². The molecule has 1 unspecified atom stereocenters. The van der Waals surface area contributed by atoms with Crippen LogP contribution in [0.4, 0.5) is 0 Å². The second kappa shape index (κ2) is 7.31. The number of ether oxygens (including phenoxy) is 1. The van der Waals surface area contributed by atoms with Crippen molar-refractivity contribution in [3.63, 3.8) is 0 Å². The van der Waals surface area contributed by atoms with Gasteiger partial charge in [0.25, 0.3) is 0 Å². The average Bonchev–Trinajstić information content (AvgIpc) is 2.94. The molecule has 4 heteroatoms. The molecule has 2 aromatic rings. The highest BCUT2D eigenvalue weighted by atomic mass is 32.1. The summed E-state index contributed by atoms with van der Waals surface area (Å²) in [4.78, 5) is 16.7. The van der Waals surface area contributed by atoms with Crippen LogP contribution >= 0.6 is 11.3 Å². The molecule has 2 rings (SSSR count). The van der Waals surface area contributed by atoms with E-state index < -0.39 is 0 Å². The van der Waals surface area contributed by atoms with Gasteiger partial charge in [-0.15, -0.1) is 11.3 Å². The Kier molecular flexibility index (Phi) is 5.44. The van der Waals surface area contributed by atoms with Crippen LogP contribution in [0.15, 0.2) is 35.7 Å². The SMILES string of the molecule is CCCC(OC)C(=O)Cc1nc(-c2ccccc2)cs1. The summed E-state index contributed by atoms with van der Waals surface area (Å²) in [6.07, 6.45) is 1.77. The third-order valence-corrected chi connectivity index (χ3v) is 3.99. The van der Waals surface area contributed by atoms with Crippen LogP contribution in [0, 0.1) is 0 Å². The third kappa shape index (κ3) is 3.74. The second-order valence-electron chi connectivity index (χ2n) is 4.65. The van der Waals surface area contributed by atoms with Crippen molar-refractivity contribution in [1.82, 2.24) is 4.98 Å².